The lowest BCUT2D eigenvalue weighted by Crippen LogP contribution is -2.40. The first-order valence-electron chi connectivity index (χ1n) is 10.3. The summed E-state index contributed by atoms with van der Waals surface area (Å²) in [4.78, 5) is 29.2. The van der Waals surface area contributed by atoms with Gasteiger partial charge in [-0.1, -0.05) is 6.07 Å². The van der Waals surface area contributed by atoms with Gasteiger partial charge in [-0.15, -0.1) is 0 Å². The number of carbonyl (C=O) groups is 1. The van der Waals surface area contributed by atoms with Crippen LogP contribution in [0.2, 0.25) is 0 Å². The number of hydrogen-bond donors (Lipinski definition) is 1. The zero-order chi connectivity index (χ0) is 21.3. The Balaban J connectivity index is 1.69. The van der Waals surface area contributed by atoms with Gasteiger partial charge in [0.25, 0.3) is 5.69 Å². The average Bonchev–Trinajstić information content (AvgIpc) is 2.90. The van der Waals surface area contributed by atoms with Crippen molar-refractivity contribution >= 4 is 11.8 Å². The largest absolute Gasteiger partial charge is 0.508 e. The third-order valence-corrected chi connectivity index (χ3v) is 6.15. The fourth-order valence-corrected chi connectivity index (χ4v) is 4.72. The van der Waals surface area contributed by atoms with Crippen molar-refractivity contribution in [2.24, 2.45) is 5.92 Å². The molecule has 8 nitrogen and oxygen atoms in total. The summed E-state index contributed by atoms with van der Waals surface area (Å²) in [6.45, 7) is 3.37. The Morgan fingerprint density at radius 3 is 2.70 bits per heavy atom. The molecule has 1 aromatic carbocycles. The standard InChI is InChI=1S/C22H25N3O5/c1-2-30-22(27)24-9-7-14(8-10-24)20-19-6-5-18(26)12-15(19)3-4-16-11-17(25(28)29)13-23-21(16)20/h5-6,11-14,20,26H,2-4,7-10H2,1H3. The number of amides is 1. The molecule has 1 aromatic heterocycles. The van der Waals surface area contributed by atoms with Crippen LogP contribution in [0.25, 0.3) is 0 Å². The van der Waals surface area contributed by atoms with Crippen LogP contribution in [0.15, 0.2) is 30.5 Å². The molecule has 0 saturated carbocycles. The van der Waals surface area contributed by atoms with Crippen molar-refractivity contribution < 1.29 is 19.6 Å². The van der Waals surface area contributed by atoms with Crippen molar-refractivity contribution in [2.45, 2.75) is 38.5 Å². The lowest BCUT2D eigenvalue weighted by atomic mass is 9.76. The monoisotopic (exact) mass is 411 g/mol. The third-order valence-electron chi connectivity index (χ3n) is 6.15. The van der Waals surface area contributed by atoms with Crippen LogP contribution in [0, 0.1) is 16.0 Å². The molecule has 1 amide bonds. The Labute approximate surface area is 174 Å². The number of benzene rings is 1. The van der Waals surface area contributed by atoms with Gasteiger partial charge < -0.3 is 14.7 Å². The fourth-order valence-electron chi connectivity index (χ4n) is 4.72. The van der Waals surface area contributed by atoms with Crippen LogP contribution in [0.1, 0.15) is 48.1 Å². The van der Waals surface area contributed by atoms with Gasteiger partial charge in [-0.25, -0.2) is 4.79 Å². The molecule has 2 heterocycles. The van der Waals surface area contributed by atoms with Crippen molar-refractivity contribution in [3.63, 3.8) is 0 Å². The number of phenolic OH excluding ortho intramolecular Hbond substituents is 1. The van der Waals surface area contributed by atoms with Gasteiger partial charge in [-0.2, -0.15) is 0 Å². The van der Waals surface area contributed by atoms with Gasteiger partial charge in [-0.3, -0.25) is 15.1 Å². The molecular formula is C22H25N3O5. The molecule has 1 fully saturated rings. The molecule has 2 aromatic rings. The number of aromatic hydroxyl groups is 1. The number of ether oxygens (including phenoxy) is 1. The van der Waals surface area contributed by atoms with Gasteiger partial charge in [0.05, 0.1) is 17.2 Å². The highest BCUT2D eigenvalue weighted by Crippen LogP contribution is 2.43. The molecule has 1 N–H and O–H groups in total. The first kappa shape index (κ1) is 20.1. The van der Waals surface area contributed by atoms with Gasteiger partial charge >= 0.3 is 6.09 Å². The summed E-state index contributed by atoms with van der Waals surface area (Å²) in [5.74, 6) is 0.433. The van der Waals surface area contributed by atoms with Crippen molar-refractivity contribution in [1.82, 2.24) is 9.88 Å². The maximum Gasteiger partial charge on any atom is 0.409 e. The Morgan fingerprint density at radius 1 is 1.27 bits per heavy atom. The van der Waals surface area contributed by atoms with Gasteiger partial charge in [0.15, 0.2) is 0 Å². The maximum absolute atomic E-state index is 12.1. The number of pyridine rings is 1. The van der Waals surface area contributed by atoms with Crippen molar-refractivity contribution in [3.05, 3.63) is 63.0 Å². The molecule has 1 aliphatic carbocycles. The second-order valence-corrected chi connectivity index (χ2v) is 7.88. The van der Waals surface area contributed by atoms with E-state index in [1.54, 1.807) is 30.0 Å². The molecule has 0 bridgehead atoms. The minimum Gasteiger partial charge on any atom is -0.508 e. The third kappa shape index (κ3) is 3.81. The Morgan fingerprint density at radius 2 is 2.00 bits per heavy atom. The summed E-state index contributed by atoms with van der Waals surface area (Å²) in [6.07, 6.45) is 3.97. The van der Waals surface area contributed by atoms with Crippen molar-refractivity contribution in [2.75, 3.05) is 19.7 Å². The van der Waals surface area contributed by atoms with Crippen molar-refractivity contribution in [1.29, 1.82) is 0 Å². The number of carbonyl (C=O) groups excluding carboxylic acids is 1. The van der Waals surface area contributed by atoms with Gasteiger partial charge in [0, 0.05) is 25.1 Å². The highest BCUT2D eigenvalue weighted by atomic mass is 16.6. The molecule has 0 radical (unpaired) electrons. The van der Waals surface area contributed by atoms with Crippen LogP contribution in [0.3, 0.4) is 0 Å². The van der Waals surface area contributed by atoms with E-state index >= 15 is 0 Å². The predicted octanol–water partition coefficient (Wildman–Crippen LogP) is 3.79. The van der Waals surface area contributed by atoms with E-state index in [9.17, 15) is 20.0 Å². The Kier molecular flexibility index (Phi) is 5.57. The molecule has 1 saturated heterocycles. The van der Waals surface area contributed by atoms with Gasteiger partial charge in [0.1, 0.15) is 11.9 Å². The van der Waals surface area contributed by atoms with E-state index in [2.05, 4.69) is 4.98 Å². The summed E-state index contributed by atoms with van der Waals surface area (Å²) in [7, 11) is 0. The maximum atomic E-state index is 12.1. The van der Waals surface area contributed by atoms with E-state index in [0.717, 1.165) is 35.2 Å². The quantitative estimate of drug-likeness (QED) is 0.608. The molecule has 30 heavy (non-hydrogen) atoms. The van der Waals surface area contributed by atoms with Crippen LogP contribution in [0.4, 0.5) is 10.5 Å². The molecule has 158 valence electrons. The van der Waals surface area contributed by atoms with Crippen LogP contribution in [-0.4, -0.2) is 45.7 Å². The van der Waals surface area contributed by atoms with Crippen LogP contribution in [0.5, 0.6) is 5.75 Å². The minimum absolute atomic E-state index is 0.00145. The molecular weight excluding hydrogens is 386 g/mol. The number of rotatable bonds is 3. The zero-order valence-corrected chi connectivity index (χ0v) is 16.9. The zero-order valence-electron chi connectivity index (χ0n) is 16.9. The number of nitrogens with zero attached hydrogens (tertiary/aromatic N) is 3. The van der Waals surface area contributed by atoms with E-state index in [-0.39, 0.29) is 29.4 Å². The topological polar surface area (TPSA) is 106 Å². The predicted molar refractivity (Wildman–Crippen MR) is 110 cm³/mol. The Hall–Kier alpha value is -3.16. The second-order valence-electron chi connectivity index (χ2n) is 7.88. The molecule has 1 aliphatic heterocycles. The summed E-state index contributed by atoms with van der Waals surface area (Å²) < 4.78 is 5.13. The lowest BCUT2D eigenvalue weighted by molar-refractivity contribution is -0.385. The van der Waals surface area contributed by atoms with E-state index in [1.165, 1.54) is 6.20 Å². The first-order valence-corrected chi connectivity index (χ1v) is 10.3. The van der Waals surface area contributed by atoms with Crippen LogP contribution < -0.4 is 0 Å². The summed E-state index contributed by atoms with van der Waals surface area (Å²) in [6, 6.07) is 7.06. The summed E-state index contributed by atoms with van der Waals surface area (Å²) in [5, 5.41) is 21.2. The first-order chi connectivity index (χ1) is 14.5. The smallest absolute Gasteiger partial charge is 0.409 e. The molecule has 1 unspecified atom stereocenters. The van der Waals surface area contributed by atoms with Gasteiger partial charge in [0.2, 0.25) is 0 Å². The second kappa shape index (κ2) is 8.30. The van der Waals surface area contributed by atoms with E-state index in [0.29, 0.717) is 32.5 Å². The number of fused-ring (bicyclic) bond motifs is 2. The number of aryl methyl sites for hydroxylation is 2. The number of piperidine rings is 1. The molecule has 0 spiro atoms. The number of hydrogen-bond acceptors (Lipinski definition) is 6. The number of likely N-dealkylation sites (tertiary alicyclic amines) is 1. The van der Waals surface area contributed by atoms with Crippen molar-refractivity contribution in [3.8, 4) is 5.75 Å². The molecule has 4 rings (SSSR count). The van der Waals surface area contributed by atoms with E-state index < -0.39 is 4.92 Å². The normalized spacial score (nSPS) is 18.8. The molecule has 8 heteroatoms. The summed E-state index contributed by atoms with van der Waals surface area (Å²) >= 11 is 0. The van der Waals surface area contributed by atoms with Crippen LogP contribution in [-0.2, 0) is 17.6 Å². The number of phenols is 1. The average molecular weight is 411 g/mol. The number of aromatic nitrogens is 1. The van der Waals surface area contributed by atoms with Crippen LogP contribution >= 0.6 is 0 Å². The minimum atomic E-state index is -0.413. The lowest BCUT2D eigenvalue weighted by Gasteiger charge is -2.36. The Bertz CT molecular complexity index is 969. The van der Waals surface area contributed by atoms with E-state index in [1.807, 2.05) is 6.07 Å². The molecule has 1 atom stereocenters. The highest BCUT2D eigenvalue weighted by molar-refractivity contribution is 5.67. The molecule has 2 aliphatic rings. The van der Waals surface area contributed by atoms with Gasteiger partial charge in [-0.05, 0) is 67.3 Å². The van der Waals surface area contributed by atoms with E-state index in [4.69, 9.17) is 4.74 Å². The highest BCUT2D eigenvalue weighted by Gasteiger charge is 2.35. The summed E-state index contributed by atoms with van der Waals surface area (Å²) in [5.41, 5.74) is 3.92. The number of nitro groups is 1. The SMILES string of the molecule is CCOC(=O)N1CCC(C2c3ccc(O)cc3CCc3cc([N+](=O)[O-])cnc32)CC1. The fraction of sp³-hybridized carbons (Fsp3) is 0.455.